The standard InChI is InChI=1S/C21H25N5O3S/c1-13-18(12-30-21-23-24-25-26(21)2)28-20(16-4-3-5-17(22)10-16)29-19(13)15-8-6-14(11-27)7-9-15/h3-10,13,18-20,27H,11-12,22H2,1-2H3. The van der Waals surface area contributed by atoms with Crippen molar-refractivity contribution in [2.24, 2.45) is 13.0 Å². The van der Waals surface area contributed by atoms with E-state index < -0.39 is 6.29 Å². The highest BCUT2D eigenvalue weighted by molar-refractivity contribution is 7.99. The van der Waals surface area contributed by atoms with E-state index in [0.29, 0.717) is 11.4 Å². The summed E-state index contributed by atoms with van der Waals surface area (Å²) in [5, 5.41) is 21.7. The smallest absolute Gasteiger partial charge is 0.209 e. The predicted molar refractivity (Wildman–Crippen MR) is 113 cm³/mol. The highest BCUT2D eigenvalue weighted by Crippen LogP contribution is 2.43. The molecule has 3 N–H and O–H groups in total. The van der Waals surface area contributed by atoms with E-state index in [-0.39, 0.29) is 24.7 Å². The summed E-state index contributed by atoms with van der Waals surface area (Å²) in [6.07, 6.45) is -0.786. The number of hydrogen-bond donors (Lipinski definition) is 2. The molecule has 1 aliphatic heterocycles. The minimum Gasteiger partial charge on any atom is -0.399 e. The third kappa shape index (κ3) is 4.49. The van der Waals surface area contributed by atoms with Gasteiger partial charge in [0.2, 0.25) is 5.16 Å². The van der Waals surface area contributed by atoms with Crippen molar-refractivity contribution in [2.45, 2.75) is 37.2 Å². The number of nitrogens with zero attached hydrogens (tertiary/aromatic N) is 4. The largest absolute Gasteiger partial charge is 0.399 e. The Labute approximate surface area is 179 Å². The molecule has 158 valence electrons. The fourth-order valence-corrected chi connectivity index (χ4v) is 4.53. The fraction of sp³-hybridized carbons (Fsp3) is 0.381. The van der Waals surface area contributed by atoms with Crippen molar-refractivity contribution in [1.29, 1.82) is 0 Å². The number of ether oxygens (including phenoxy) is 2. The van der Waals surface area contributed by atoms with Crippen LogP contribution in [0.25, 0.3) is 0 Å². The summed E-state index contributed by atoms with van der Waals surface area (Å²) in [7, 11) is 1.82. The Morgan fingerprint density at radius 3 is 2.60 bits per heavy atom. The van der Waals surface area contributed by atoms with Crippen LogP contribution in [0.3, 0.4) is 0 Å². The zero-order valence-electron chi connectivity index (χ0n) is 16.9. The maximum absolute atomic E-state index is 9.35. The number of tetrazole rings is 1. The monoisotopic (exact) mass is 427 g/mol. The molecule has 0 saturated carbocycles. The topological polar surface area (TPSA) is 108 Å². The molecular weight excluding hydrogens is 402 g/mol. The Morgan fingerprint density at radius 1 is 1.13 bits per heavy atom. The van der Waals surface area contributed by atoms with E-state index in [2.05, 4.69) is 22.4 Å². The molecule has 0 spiro atoms. The average molecular weight is 428 g/mol. The summed E-state index contributed by atoms with van der Waals surface area (Å²) in [5.41, 5.74) is 9.45. The van der Waals surface area contributed by atoms with E-state index in [1.807, 2.05) is 55.6 Å². The van der Waals surface area contributed by atoms with Crippen molar-refractivity contribution in [3.8, 4) is 0 Å². The summed E-state index contributed by atoms with van der Waals surface area (Å²) in [6, 6.07) is 15.4. The van der Waals surface area contributed by atoms with Crippen LogP contribution in [0, 0.1) is 5.92 Å². The molecule has 9 heteroatoms. The number of rotatable bonds is 6. The van der Waals surface area contributed by atoms with Gasteiger partial charge in [-0.1, -0.05) is 55.1 Å². The number of aliphatic hydroxyl groups is 1. The van der Waals surface area contributed by atoms with Crippen LogP contribution in [0.4, 0.5) is 5.69 Å². The molecule has 1 saturated heterocycles. The van der Waals surface area contributed by atoms with Gasteiger partial charge in [-0.25, -0.2) is 4.68 Å². The Balaban J connectivity index is 1.60. The van der Waals surface area contributed by atoms with Gasteiger partial charge in [0.25, 0.3) is 0 Å². The zero-order valence-corrected chi connectivity index (χ0v) is 17.7. The van der Waals surface area contributed by atoms with Crippen molar-refractivity contribution >= 4 is 17.4 Å². The normalized spacial score (nSPS) is 24.1. The van der Waals surface area contributed by atoms with Gasteiger partial charge in [0.05, 0.1) is 18.8 Å². The molecule has 1 aliphatic rings. The van der Waals surface area contributed by atoms with E-state index in [9.17, 15) is 5.11 Å². The van der Waals surface area contributed by atoms with Gasteiger partial charge in [0, 0.05) is 30.0 Å². The Bertz CT molecular complexity index is 981. The first-order valence-electron chi connectivity index (χ1n) is 9.76. The summed E-state index contributed by atoms with van der Waals surface area (Å²) < 4.78 is 14.4. The molecule has 1 aromatic heterocycles. The molecule has 0 amide bonds. The third-order valence-electron chi connectivity index (χ3n) is 5.26. The lowest BCUT2D eigenvalue weighted by atomic mass is 9.91. The highest BCUT2D eigenvalue weighted by atomic mass is 32.2. The highest BCUT2D eigenvalue weighted by Gasteiger charge is 2.38. The summed E-state index contributed by atoms with van der Waals surface area (Å²) in [5.74, 6) is 0.777. The van der Waals surface area contributed by atoms with Crippen molar-refractivity contribution in [1.82, 2.24) is 20.2 Å². The second kappa shape index (κ2) is 9.13. The van der Waals surface area contributed by atoms with E-state index in [1.165, 1.54) is 0 Å². The molecule has 8 nitrogen and oxygen atoms in total. The number of benzene rings is 2. The van der Waals surface area contributed by atoms with Crippen molar-refractivity contribution in [3.05, 3.63) is 65.2 Å². The molecule has 2 heterocycles. The Hall–Kier alpha value is -2.46. The van der Waals surface area contributed by atoms with Crippen molar-refractivity contribution in [3.63, 3.8) is 0 Å². The lowest BCUT2D eigenvalue weighted by Gasteiger charge is -2.41. The van der Waals surface area contributed by atoms with E-state index in [1.54, 1.807) is 16.4 Å². The first kappa shape index (κ1) is 20.8. The number of hydrogen-bond acceptors (Lipinski definition) is 8. The Kier molecular flexibility index (Phi) is 6.33. The lowest BCUT2D eigenvalue weighted by Crippen LogP contribution is -2.38. The summed E-state index contributed by atoms with van der Waals surface area (Å²) >= 11 is 1.56. The van der Waals surface area contributed by atoms with Gasteiger partial charge in [-0.15, -0.1) is 5.10 Å². The minimum atomic E-state index is -0.532. The molecular formula is C21H25N5O3S. The SMILES string of the molecule is CC1C(CSc2nnnn2C)OC(c2cccc(N)c2)OC1c1ccc(CO)cc1. The second-order valence-corrected chi connectivity index (χ2v) is 8.38. The van der Waals surface area contributed by atoms with Crippen LogP contribution in [0.1, 0.15) is 36.0 Å². The summed E-state index contributed by atoms with van der Waals surface area (Å²) in [4.78, 5) is 0. The van der Waals surface area contributed by atoms with E-state index >= 15 is 0 Å². The number of thioether (sulfide) groups is 1. The van der Waals surface area contributed by atoms with E-state index in [0.717, 1.165) is 21.8 Å². The van der Waals surface area contributed by atoms with Crippen LogP contribution < -0.4 is 5.73 Å². The van der Waals surface area contributed by atoms with Gasteiger partial charge in [0.15, 0.2) is 6.29 Å². The second-order valence-electron chi connectivity index (χ2n) is 7.39. The quantitative estimate of drug-likeness (QED) is 0.457. The van der Waals surface area contributed by atoms with Crippen LogP contribution in [-0.2, 0) is 23.1 Å². The first-order valence-corrected chi connectivity index (χ1v) is 10.7. The molecule has 0 aliphatic carbocycles. The van der Waals surface area contributed by atoms with Crippen molar-refractivity contribution < 1.29 is 14.6 Å². The van der Waals surface area contributed by atoms with E-state index in [4.69, 9.17) is 15.2 Å². The van der Waals surface area contributed by atoms with Crippen LogP contribution in [-0.4, -0.2) is 37.2 Å². The molecule has 4 rings (SSSR count). The number of aliphatic hydroxyl groups excluding tert-OH is 1. The van der Waals surface area contributed by atoms with Gasteiger partial charge >= 0.3 is 0 Å². The first-order chi connectivity index (χ1) is 14.5. The molecule has 0 radical (unpaired) electrons. The number of nitrogens with two attached hydrogens (primary N) is 1. The third-order valence-corrected chi connectivity index (χ3v) is 6.36. The van der Waals surface area contributed by atoms with Gasteiger partial charge in [-0.2, -0.15) is 0 Å². The number of anilines is 1. The number of nitrogen functional groups attached to an aromatic ring is 1. The number of aromatic nitrogens is 4. The van der Waals surface area contributed by atoms with Crippen LogP contribution in [0.2, 0.25) is 0 Å². The lowest BCUT2D eigenvalue weighted by molar-refractivity contribution is -0.268. The molecule has 0 bridgehead atoms. The van der Waals surface area contributed by atoms with Crippen LogP contribution >= 0.6 is 11.8 Å². The van der Waals surface area contributed by atoms with Gasteiger partial charge in [0.1, 0.15) is 0 Å². The molecule has 4 atom stereocenters. The van der Waals surface area contributed by atoms with Gasteiger partial charge in [-0.3, -0.25) is 0 Å². The number of aryl methyl sites for hydroxylation is 1. The van der Waals surface area contributed by atoms with Crippen molar-refractivity contribution in [2.75, 3.05) is 11.5 Å². The molecule has 1 fully saturated rings. The zero-order chi connectivity index (χ0) is 21.1. The predicted octanol–water partition coefficient (Wildman–Crippen LogP) is 2.87. The molecule has 30 heavy (non-hydrogen) atoms. The minimum absolute atomic E-state index is 0.0153. The molecule has 2 aromatic carbocycles. The fourth-order valence-electron chi connectivity index (χ4n) is 3.52. The maximum Gasteiger partial charge on any atom is 0.209 e. The summed E-state index contributed by atoms with van der Waals surface area (Å²) in [6.45, 7) is 2.14. The van der Waals surface area contributed by atoms with Crippen LogP contribution in [0.15, 0.2) is 53.7 Å². The Morgan fingerprint density at radius 2 is 1.93 bits per heavy atom. The average Bonchev–Trinajstić information content (AvgIpc) is 3.18. The molecule has 3 aromatic rings. The van der Waals surface area contributed by atoms with Gasteiger partial charge < -0.3 is 20.3 Å². The maximum atomic E-state index is 9.35. The van der Waals surface area contributed by atoms with Gasteiger partial charge in [-0.05, 0) is 33.7 Å². The molecule has 4 unspecified atom stereocenters. The van der Waals surface area contributed by atoms with Crippen LogP contribution in [0.5, 0.6) is 0 Å².